The van der Waals surface area contributed by atoms with E-state index < -0.39 is 0 Å². The second kappa shape index (κ2) is 7.03. The molecule has 1 amide bonds. The molecule has 26 heavy (non-hydrogen) atoms. The highest BCUT2D eigenvalue weighted by Gasteiger charge is 2.28. The molecule has 6 heteroatoms. The molecule has 1 saturated heterocycles. The number of morpholine rings is 1. The van der Waals surface area contributed by atoms with E-state index in [1.807, 2.05) is 19.1 Å². The van der Waals surface area contributed by atoms with E-state index in [4.69, 9.17) is 4.74 Å². The Morgan fingerprint density at radius 1 is 1.31 bits per heavy atom. The predicted molar refractivity (Wildman–Crippen MR) is 97.3 cm³/mol. The van der Waals surface area contributed by atoms with Crippen LogP contribution in [0.4, 0.5) is 0 Å². The fraction of sp³-hybridized carbons (Fsp3) is 0.450. The third-order valence-corrected chi connectivity index (χ3v) is 5.21. The van der Waals surface area contributed by atoms with E-state index in [0.717, 1.165) is 48.2 Å². The molecule has 1 atom stereocenters. The number of nitrogens with one attached hydrogen (secondary N) is 1. The second-order valence-corrected chi connectivity index (χ2v) is 7.06. The molecule has 0 unspecified atom stereocenters. The molecule has 0 radical (unpaired) electrons. The molecule has 1 fully saturated rings. The fourth-order valence-corrected chi connectivity index (χ4v) is 3.81. The van der Waals surface area contributed by atoms with Gasteiger partial charge < -0.3 is 14.6 Å². The highest BCUT2D eigenvalue weighted by Crippen LogP contribution is 2.24. The van der Waals surface area contributed by atoms with Crippen LogP contribution in [0.1, 0.15) is 51.8 Å². The van der Waals surface area contributed by atoms with Crippen molar-refractivity contribution in [2.24, 2.45) is 0 Å². The van der Waals surface area contributed by atoms with E-state index in [1.54, 1.807) is 17.2 Å². The lowest BCUT2D eigenvalue weighted by Crippen LogP contribution is -2.44. The Morgan fingerprint density at radius 3 is 3.00 bits per heavy atom. The van der Waals surface area contributed by atoms with Crippen LogP contribution in [0.25, 0.3) is 0 Å². The third-order valence-electron chi connectivity index (χ3n) is 5.21. The number of hydrogen-bond acceptors (Lipinski definition) is 4. The first-order valence-electron chi connectivity index (χ1n) is 9.20. The minimum atomic E-state index is -0.279. The molecule has 6 nitrogen and oxygen atoms in total. The largest absolute Gasteiger partial charge is 0.370 e. The number of H-pyrrole nitrogens is 1. The van der Waals surface area contributed by atoms with Crippen LogP contribution in [0.5, 0.6) is 0 Å². The molecule has 2 aromatic rings. The van der Waals surface area contributed by atoms with Gasteiger partial charge in [-0.05, 0) is 61.9 Å². The van der Waals surface area contributed by atoms with Crippen molar-refractivity contribution in [3.8, 4) is 0 Å². The quantitative estimate of drug-likeness (QED) is 0.898. The molecule has 2 aliphatic rings. The van der Waals surface area contributed by atoms with Crippen molar-refractivity contribution < 1.29 is 9.53 Å². The molecule has 136 valence electrons. The summed E-state index contributed by atoms with van der Waals surface area (Å²) in [6, 6.07) is 5.69. The molecule has 2 aromatic heterocycles. The van der Waals surface area contributed by atoms with Crippen molar-refractivity contribution in [2.45, 2.75) is 38.7 Å². The zero-order valence-corrected chi connectivity index (χ0v) is 15.0. The smallest absolute Gasteiger partial charge is 0.261 e. The maximum absolute atomic E-state index is 13.0. The van der Waals surface area contributed by atoms with E-state index in [2.05, 4.69) is 9.97 Å². The van der Waals surface area contributed by atoms with Crippen LogP contribution in [-0.4, -0.2) is 40.5 Å². The summed E-state index contributed by atoms with van der Waals surface area (Å²) in [7, 11) is 0. The summed E-state index contributed by atoms with van der Waals surface area (Å²) >= 11 is 0. The molecule has 0 bridgehead atoms. The SMILES string of the molecule is Cc1cc([C@H]2CN(C(=O)c3cc4c([nH]c3=O)CCCC4)CCO2)ccn1. The van der Waals surface area contributed by atoms with Gasteiger partial charge in [0, 0.05) is 24.1 Å². The number of hydrogen-bond donors (Lipinski definition) is 1. The van der Waals surface area contributed by atoms with Gasteiger partial charge in [0.25, 0.3) is 11.5 Å². The molecule has 4 rings (SSSR count). The number of carbonyl (C=O) groups excluding carboxylic acids is 1. The van der Waals surface area contributed by atoms with Gasteiger partial charge in [-0.1, -0.05) is 0 Å². The number of aromatic nitrogens is 2. The normalized spacial score (nSPS) is 19.9. The van der Waals surface area contributed by atoms with Gasteiger partial charge >= 0.3 is 0 Å². The summed E-state index contributed by atoms with van der Waals surface area (Å²) in [6.45, 7) is 3.33. The molecule has 1 aliphatic carbocycles. The average molecular weight is 353 g/mol. The lowest BCUT2D eigenvalue weighted by Gasteiger charge is -2.33. The number of rotatable bonds is 2. The number of aryl methyl sites for hydroxylation is 3. The molecule has 1 aliphatic heterocycles. The lowest BCUT2D eigenvalue weighted by molar-refractivity contribution is -0.0229. The monoisotopic (exact) mass is 353 g/mol. The topological polar surface area (TPSA) is 75.3 Å². The van der Waals surface area contributed by atoms with Gasteiger partial charge in [0.05, 0.1) is 13.2 Å². The van der Waals surface area contributed by atoms with E-state index in [-0.39, 0.29) is 23.1 Å². The van der Waals surface area contributed by atoms with Crippen LogP contribution < -0.4 is 5.56 Å². The first-order chi connectivity index (χ1) is 12.6. The number of carbonyl (C=O) groups is 1. The zero-order chi connectivity index (χ0) is 18.1. The van der Waals surface area contributed by atoms with Crippen LogP contribution in [0, 0.1) is 6.92 Å². The van der Waals surface area contributed by atoms with Crippen molar-refractivity contribution >= 4 is 5.91 Å². The van der Waals surface area contributed by atoms with Crippen molar-refractivity contribution in [1.29, 1.82) is 0 Å². The minimum absolute atomic E-state index is 0.189. The molecule has 1 N–H and O–H groups in total. The molecular formula is C20H23N3O3. The Kier molecular flexibility index (Phi) is 4.59. The Hall–Kier alpha value is -2.47. The van der Waals surface area contributed by atoms with E-state index >= 15 is 0 Å². The van der Waals surface area contributed by atoms with Crippen molar-refractivity contribution in [2.75, 3.05) is 19.7 Å². The summed E-state index contributed by atoms with van der Waals surface area (Å²) in [5.74, 6) is -0.210. The number of amides is 1. The zero-order valence-electron chi connectivity index (χ0n) is 15.0. The number of ether oxygens (including phenoxy) is 1. The van der Waals surface area contributed by atoms with Gasteiger partial charge in [-0.3, -0.25) is 14.6 Å². The Morgan fingerprint density at radius 2 is 2.15 bits per heavy atom. The highest BCUT2D eigenvalue weighted by atomic mass is 16.5. The summed E-state index contributed by atoms with van der Waals surface area (Å²) < 4.78 is 5.85. The van der Waals surface area contributed by atoms with Gasteiger partial charge in [-0.15, -0.1) is 0 Å². The van der Waals surface area contributed by atoms with E-state index in [9.17, 15) is 9.59 Å². The summed E-state index contributed by atoms with van der Waals surface area (Å²) in [5.41, 5.74) is 3.99. The molecule has 0 aromatic carbocycles. The fourth-order valence-electron chi connectivity index (χ4n) is 3.81. The molecule has 0 saturated carbocycles. The van der Waals surface area contributed by atoms with Crippen LogP contribution in [-0.2, 0) is 17.6 Å². The summed E-state index contributed by atoms with van der Waals surface area (Å²) in [4.78, 5) is 34.3. The summed E-state index contributed by atoms with van der Waals surface area (Å²) in [6.07, 6.45) is 5.57. The van der Waals surface area contributed by atoms with Gasteiger partial charge in [0.2, 0.25) is 0 Å². The number of nitrogens with zero attached hydrogens (tertiary/aromatic N) is 2. The van der Waals surface area contributed by atoms with Crippen LogP contribution >= 0.6 is 0 Å². The number of aromatic amines is 1. The van der Waals surface area contributed by atoms with Crippen molar-refractivity contribution in [3.05, 3.63) is 62.8 Å². The first kappa shape index (κ1) is 17.0. The average Bonchev–Trinajstić information content (AvgIpc) is 2.67. The number of pyridine rings is 2. The number of fused-ring (bicyclic) bond motifs is 1. The minimum Gasteiger partial charge on any atom is -0.370 e. The predicted octanol–water partition coefficient (Wildman–Crippen LogP) is 2.17. The Bertz CT molecular complexity index is 890. The van der Waals surface area contributed by atoms with Crippen LogP contribution in [0.2, 0.25) is 0 Å². The first-order valence-corrected chi connectivity index (χ1v) is 9.20. The van der Waals surface area contributed by atoms with Gasteiger partial charge in [-0.25, -0.2) is 0 Å². The van der Waals surface area contributed by atoms with Crippen molar-refractivity contribution in [3.63, 3.8) is 0 Å². The van der Waals surface area contributed by atoms with Gasteiger partial charge in [0.15, 0.2) is 0 Å². The van der Waals surface area contributed by atoms with Gasteiger partial charge in [-0.2, -0.15) is 0 Å². The van der Waals surface area contributed by atoms with Crippen LogP contribution in [0.15, 0.2) is 29.2 Å². The maximum Gasteiger partial charge on any atom is 0.261 e. The standard InChI is InChI=1S/C20H23N3O3/c1-13-10-15(6-7-21-13)18-12-23(8-9-26-18)20(25)16-11-14-4-2-3-5-17(14)22-19(16)24/h6-7,10-11,18H,2-5,8-9,12H2,1H3,(H,22,24)/t18-/m1/s1. The summed E-state index contributed by atoms with van der Waals surface area (Å²) in [5, 5.41) is 0. The highest BCUT2D eigenvalue weighted by molar-refractivity contribution is 5.94. The van der Waals surface area contributed by atoms with E-state index in [1.165, 1.54) is 0 Å². The van der Waals surface area contributed by atoms with Crippen molar-refractivity contribution in [1.82, 2.24) is 14.9 Å². The Labute approximate surface area is 152 Å². The Balaban J connectivity index is 1.57. The molecular weight excluding hydrogens is 330 g/mol. The van der Waals surface area contributed by atoms with Crippen LogP contribution in [0.3, 0.4) is 0 Å². The second-order valence-electron chi connectivity index (χ2n) is 7.06. The van der Waals surface area contributed by atoms with E-state index in [0.29, 0.717) is 19.7 Å². The maximum atomic E-state index is 13.0. The molecule has 0 spiro atoms. The van der Waals surface area contributed by atoms with Gasteiger partial charge in [0.1, 0.15) is 11.7 Å². The third kappa shape index (κ3) is 3.29. The lowest BCUT2D eigenvalue weighted by atomic mass is 9.95. The molecule has 3 heterocycles.